The zero-order valence-corrected chi connectivity index (χ0v) is 10.8. The first-order valence-electron chi connectivity index (χ1n) is 6.35. The van der Waals surface area contributed by atoms with Gasteiger partial charge < -0.3 is 10.3 Å². The molecule has 2 N–H and O–H groups in total. The second-order valence-electron chi connectivity index (χ2n) is 4.46. The minimum Gasteiger partial charge on any atom is -0.333 e. The third-order valence-electron chi connectivity index (χ3n) is 3.18. The predicted molar refractivity (Wildman–Crippen MR) is 71.5 cm³/mol. The standard InChI is InChI=1S/C13H16N6/c1-2-5-18-6-4-16-13(18)12(14)10-8-17-19-7-3-15-9-11(10)19/h3-4,6-9,12H,2,5,14H2,1H3. The summed E-state index contributed by atoms with van der Waals surface area (Å²) in [5.74, 6) is 0.862. The van der Waals surface area contributed by atoms with E-state index in [1.54, 1.807) is 29.3 Å². The van der Waals surface area contributed by atoms with E-state index in [4.69, 9.17) is 5.73 Å². The lowest BCUT2D eigenvalue weighted by Crippen LogP contribution is -2.17. The number of hydrogen-bond donors (Lipinski definition) is 1. The molecule has 1 atom stereocenters. The van der Waals surface area contributed by atoms with Gasteiger partial charge in [-0.1, -0.05) is 6.92 Å². The lowest BCUT2D eigenvalue weighted by molar-refractivity contribution is 0.614. The van der Waals surface area contributed by atoms with Crippen molar-refractivity contribution in [2.45, 2.75) is 25.9 Å². The second kappa shape index (κ2) is 4.81. The number of aryl methyl sites for hydroxylation is 1. The Morgan fingerprint density at radius 2 is 2.16 bits per heavy atom. The molecule has 0 radical (unpaired) electrons. The average Bonchev–Trinajstić information content (AvgIpc) is 3.04. The van der Waals surface area contributed by atoms with Gasteiger partial charge in [0.2, 0.25) is 0 Å². The molecule has 0 fully saturated rings. The van der Waals surface area contributed by atoms with Crippen LogP contribution in [0.4, 0.5) is 0 Å². The molecule has 3 rings (SSSR count). The van der Waals surface area contributed by atoms with Crippen LogP contribution in [0.25, 0.3) is 5.52 Å². The van der Waals surface area contributed by atoms with Crippen molar-refractivity contribution in [2.24, 2.45) is 5.73 Å². The fourth-order valence-corrected chi connectivity index (χ4v) is 2.26. The van der Waals surface area contributed by atoms with Crippen LogP contribution in [0.1, 0.15) is 30.8 Å². The van der Waals surface area contributed by atoms with Gasteiger partial charge in [0, 0.05) is 36.9 Å². The molecular formula is C13H16N6. The van der Waals surface area contributed by atoms with Crippen LogP contribution in [0.2, 0.25) is 0 Å². The molecule has 1 unspecified atom stereocenters. The van der Waals surface area contributed by atoms with Crippen LogP contribution in [0.3, 0.4) is 0 Å². The van der Waals surface area contributed by atoms with Crippen LogP contribution < -0.4 is 5.73 Å². The van der Waals surface area contributed by atoms with Gasteiger partial charge in [-0.25, -0.2) is 9.50 Å². The SMILES string of the molecule is CCCn1ccnc1C(N)c1cnn2ccncc12. The molecule has 3 heterocycles. The Morgan fingerprint density at radius 3 is 3.00 bits per heavy atom. The maximum Gasteiger partial charge on any atom is 0.130 e. The summed E-state index contributed by atoms with van der Waals surface area (Å²) in [6.07, 6.45) is 11.9. The number of nitrogens with two attached hydrogens (primary N) is 1. The molecule has 19 heavy (non-hydrogen) atoms. The zero-order chi connectivity index (χ0) is 13.2. The van der Waals surface area contributed by atoms with E-state index in [1.807, 2.05) is 12.4 Å². The molecule has 0 aliphatic rings. The number of aromatic nitrogens is 5. The van der Waals surface area contributed by atoms with Gasteiger partial charge in [-0.05, 0) is 6.42 Å². The number of hydrogen-bond acceptors (Lipinski definition) is 4. The largest absolute Gasteiger partial charge is 0.333 e. The zero-order valence-electron chi connectivity index (χ0n) is 10.8. The maximum absolute atomic E-state index is 6.34. The Balaban J connectivity index is 2.03. The lowest BCUT2D eigenvalue weighted by Gasteiger charge is -2.12. The molecule has 6 heteroatoms. The molecule has 3 aromatic heterocycles. The van der Waals surface area contributed by atoms with E-state index in [1.165, 1.54) is 0 Å². The summed E-state index contributed by atoms with van der Waals surface area (Å²) in [5, 5.41) is 4.28. The normalized spacial score (nSPS) is 12.9. The van der Waals surface area contributed by atoms with E-state index in [9.17, 15) is 0 Å². The minimum absolute atomic E-state index is 0.289. The third kappa shape index (κ3) is 2.00. The van der Waals surface area contributed by atoms with Gasteiger partial charge in [0.15, 0.2) is 0 Å². The van der Waals surface area contributed by atoms with Gasteiger partial charge >= 0.3 is 0 Å². The fraction of sp³-hybridized carbons (Fsp3) is 0.308. The van der Waals surface area contributed by atoms with E-state index in [-0.39, 0.29) is 6.04 Å². The number of rotatable bonds is 4. The Morgan fingerprint density at radius 1 is 1.26 bits per heavy atom. The number of imidazole rings is 1. The molecule has 0 amide bonds. The summed E-state index contributed by atoms with van der Waals surface area (Å²) in [6, 6.07) is -0.289. The van der Waals surface area contributed by atoms with Crippen molar-refractivity contribution in [1.29, 1.82) is 0 Å². The summed E-state index contributed by atoms with van der Waals surface area (Å²) in [6.45, 7) is 3.05. The van der Waals surface area contributed by atoms with Crippen LogP contribution in [0.15, 0.2) is 37.2 Å². The Kier molecular flexibility index (Phi) is 3.00. The minimum atomic E-state index is -0.289. The maximum atomic E-state index is 6.34. The molecule has 98 valence electrons. The quantitative estimate of drug-likeness (QED) is 0.765. The Hall–Kier alpha value is -2.21. The van der Waals surface area contributed by atoms with Crippen LogP contribution in [0, 0.1) is 0 Å². The van der Waals surface area contributed by atoms with Gasteiger partial charge in [-0.2, -0.15) is 5.10 Å². The van der Waals surface area contributed by atoms with Crippen LogP contribution in [-0.2, 0) is 6.54 Å². The highest BCUT2D eigenvalue weighted by atomic mass is 15.2. The van der Waals surface area contributed by atoms with Crippen molar-refractivity contribution in [1.82, 2.24) is 24.1 Å². The molecule has 3 aromatic rings. The first-order chi connectivity index (χ1) is 9.31. The molecule has 0 aliphatic carbocycles. The summed E-state index contributed by atoms with van der Waals surface area (Å²) >= 11 is 0. The van der Waals surface area contributed by atoms with Gasteiger partial charge in [0.25, 0.3) is 0 Å². The van der Waals surface area contributed by atoms with Gasteiger partial charge in [0.1, 0.15) is 5.82 Å². The molecule has 0 aromatic carbocycles. The Labute approximate surface area is 110 Å². The van der Waals surface area contributed by atoms with Gasteiger partial charge in [-0.15, -0.1) is 0 Å². The van der Waals surface area contributed by atoms with Crippen molar-refractivity contribution in [3.05, 3.63) is 48.6 Å². The first-order valence-corrected chi connectivity index (χ1v) is 6.35. The smallest absolute Gasteiger partial charge is 0.130 e. The van der Waals surface area contributed by atoms with Crippen molar-refractivity contribution >= 4 is 5.52 Å². The molecule has 0 spiro atoms. The molecule has 0 aliphatic heterocycles. The van der Waals surface area contributed by atoms with Crippen molar-refractivity contribution in [3.8, 4) is 0 Å². The second-order valence-corrected chi connectivity index (χ2v) is 4.46. The van der Waals surface area contributed by atoms with Crippen LogP contribution >= 0.6 is 0 Å². The fourth-order valence-electron chi connectivity index (χ4n) is 2.26. The summed E-state index contributed by atoms with van der Waals surface area (Å²) in [7, 11) is 0. The highest BCUT2D eigenvalue weighted by Gasteiger charge is 2.18. The Bertz CT molecular complexity index is 683. The van der Waals surface area contributed by atoms with E-state index in [0.29, 0.717) is 0 Å². The number of fused-ring (bicyclic) bond motifs is 1. The highest BCUT2D eigenvalue weighted by Crippen LogP contribution is 2.22. The van der Waals surface area contributed by atoms with E-state index < -0.39 is 0 Å². The van der Waals surface area contributed by atoms with E-state index >= 15 is 0 Å². The van der Waals surface area contributed by atoms with Crippen LogP contribution in [0.5, 0.6) is 0 Å². The molecule has 0 saturated carbocycles. The highest BCUT2D eigenvalue weighted by molar-refractivity contribution is 5.54. The summed E-state index contributed by atoms with van der Waals surface area (Å²) in [4.78, 5) is 8.50. The van der Waals surface area contributed by atoms with Gasteiger partial charge in [-0.3, -0.25) is 4.98 Å². The van der Waals surface area contributed by atoms with Gasteiger partial charge in [0.05, 0.1) is 24.0 Å². The average molecular weight is 256 g/mol. The van der Waals surface area contributed by atoms with Crippen molar-refractivity contribution in [3.63, 3.8) is 0 Å². The first kappa shape index (κ1) is 11.9. The predicted octanol–water partition coefficient (Wildman–Crippen LogP) is 1.38. The lowest BCUT2D eigenvalue weighted by atomic mass is 10.1. The van der Waals surface area contributed by atoms with E-state index in [2.05, 4.69) is 26.6 Å². The molecule has 0 bridgehead atoms. The summed E-state index contributed by atoms with van der Waals surface area (Å²) < 4.78 is 3.86. The molecule has 0 saturated heterocycles. The monoisotopic (exact) mass is 256 g/mol. The topological polar surface area (TPSA) is 74.0 Å². The third-order valence-corrected chi connectivity index (χ3v) is 3.18. The van der Waals surface area contributed by atoms with Crippen molar-refractivity contribution in [2.75, 3.05) is 0 Å². The van der Waals surface area contributed by atoms with Crippen molar-refractivity contribution < 1.29 is 0 Å². The van der Waals surface area contributed by atoms with Crippen LogP contribution in [-0.4, -0.2) is 24.1 Å². The number of nitrogens with zero attached hydrogens (tertiary/aromatic N) is 5. The molecular weight excluding hydrogens is 240 g/mol. The van der Waals surface area contributed by atoms with E-state index in [0.717, 1.165) is 29.9 Å². The molecule has 6 nitrogen and oxygen atoms in total. The summed E-state index contributed by atoms with van der Waals surface area (Å²) in [5.41, 5.74) is 8.20.